The number of amides is 1. The zero-order valence-electron chi connectivity index (χ0n) is 17.6. The van der Waals surface area contributed by atoms with Gasteiger partial charge in [-0.3, -0.25) is 4.79 Å². The Morgan fingerprint density at radius 3 is 2.48 bits per heavy atom. The molecule has 0 radical (unpaired) electrons. The van der Waals surface area contributed by atoms with Crippen LogP contribution in [0.25, 0.3) is 10.9 Å². The molecule has 0 spiro atoms. The molecule has 1 N–H and O–H groups in total. The number of nitrogens with zero attached hydrogens (tertiary/aromatic N) is 4. The van der Waals surface area contributed by atoms with Crippen molar-refractivity contribution in [2.24, 2.45) is 0 Å². The van der Waals surface area contributed by atoms with Gasteiger partial charge < -0.3 is 19.9 Å². The summed E-state index contributed by atoms with van der Waals surface area (Å²) in [5.74, 6) is 0.839. The number of hydrogen-bond donors (Lipinski definition) is 1. The van der Waals surface area contributed by atoms with Crippen molar-refractivity contribution in [3.8, 4) is 0 Å². The molecule has 160 valence electrons. The molecule has 1 amide bonds. The predicted molar refractivity (Wildman–Crippen MR) is 122 cm³/mol. The molecule has 31 heavy (non-hydrogen) atoms. The van der Waals surface area contributed by atoms with E-state index in [1.54, 1.807) is 6.33 Å². The SMILES string of the molecule is O=C(NCc1ccc(N2CCOCC2)cc1)c1ccc2ncnc(N3CCCC3)c2c1. The van der Waals surface area contributed by atoms with E-state index in [1.807, 2.05) is 18.2 Å². The van der Waals surface area contributed by atoms with Crippen molar-refractivity contribution < 1.29 is 9.53 Å². The van der Waals surface area contributed by atoms with E-state index >= 15 is 0 Å². The minimum Gasteiger partial charge on any atom is -0.378 e. The Labute approximate surface area is 182 Å². The zero-order valence-corrected chi connectivity index (χ0v) is 17.6. The van der Waals surface area contributed by atoms with Gasteiger partial charge in [-0.2, -0.15) is 0 Å². The van der Waals surface area contributed by atoms with Crippen LogP contribution >= 0.6 is 0 Å². The van der Waals surface area contributed by atoms with Crippen LogP contribution in [-0.2, 0) is 11.3 Å². The van der Waals surface area contributed by atoms with E-state index in [4.69, 9.17) is 4.74 Å². The van der Waals surface area contributed by atoms with E-state index in [0.29, 0.717) is 12.1 Å². The second kappa shape index (κ2) is 8.89. The standard InChI is InChI=1S/C24H27N5O2/c30-24(25-16-18-3-6-20(7-4-18)28-11-13-31-14-12-28)19-5-8-22-21(15-19)23(27-17-26-22)29-9-1-2-10-29/h3-8,15,17H,1-2,9-14,16H2,(H,25,30). The number of nitrogens with one attached hydrogen (secondary N) is 1. The Kier molecular flexibility index (Phi) is 5.67. The molecule has 7 heteroatoms. The average Bonchev–Trinajstić information content (AvgIpc) is 3.37. The quantitative estimate of drug-likeness (QED) is 0.688. The van der Waals surface area contributed by atoms with Crippen LogP contribution in [-0.4, -0.2) is 55.3 Å². The molecule has 5 rings (SSSR count). The number of hydrogen-bond acceptors (Lipinski definition) is 6. The van der Waals surface area contributed by atoms with E-state index in [1.165, 1.54) is 18.5 Å². The molecule has 3 aromatic rings. The van der Waals surface area contributed by atoms with Gasteiger partial charge in [0.05, 0.1) is 18.7 Å². The van der Waals surface area contributed by atoms with Crippen LogP contribution in [0.5, 0.6) is 0 Å². The molecule has 0 aliphatic carbocycles. The number of carbonyl (C=O) groups is 1. The number of ether oxygens (including phenoxy) is 1. The zero-order chi connectivity index (χ0) is 21.0. The van der Waals surface area contributed by atoms with Gasteiger partial charge >= 0.3 is 0 Å². The van der Waals surface area contributed by atoms with Crippen molar-refractivity contribution in [2.45, 2.75) is 19.4 Å². The first-order valence-electron chi connectivity index (χ1n) is 11.0. The summed E-state index contributed by atoms with van der Waals surface area (Å²) in [6.07, 6.45) is 3.96. The van der Waals surface area contributed by atoms with Crippen LogP contribution in [0.2, 0.25) is 0 Å². The lowest BCUT2D eigenvalue weighted by Crippen LogP contribution is -2.36. The van der Waals surface area contributed by atoms with Gasteiger partial charge in [-0.15, -0.1) is 0 Å². The highest BCUT2D eigenvalue weighted by atomic mass is 16.5. The largest absolute Gasteiger partial charge is 0.378 e. The van der Waals surface area contributed by atoms with Gasteiger partial charge in [0.15, 0.2) is 0 Å². The summed E-state index contributed by atoms with van der Waals surface area (Å²) in [5.41, 5.74) is 3.77. The summed E-state index contributed by atoms with van der Waals surface area (Å²) < 4.78 is 5.42. The van der Waals surface area contributed by atoms with Crippen molar-refractivity contribution in [2.75, 3.05) is 49.2 Å². The summed E-state index contributed by atoms with van der Waals surface area (Å²) in [4.78, 5) is 26.3. The number of carbonyl (C=O) groups excluding carboxylic acids is 1. The summed E-state index contributed by atoms with van der Waals surface area (Å²) >= 11 is 0. The van der Waals surface area contributed by atoms with Crippen molar-refractivity contribution in [3.05, 3.63) is 59.9 Å². The third-order valence-corrected chi connectivity index (χ3v) is 6.05. The highest BCUT2D eigenvalue weighted by Gasteiger charge is 2.18. The van der Waals surface area contributed by atoms with E-state index in [-0.39, 0.29) is 5.91 Å². The molecule has 3 heterocycles. The fraction of sp³-hybridized carbons (Fsp3) is 0.375. The smallest absolute Gasteiger partial charge is 0.251 e. The number of fused-ring (bicyclic) bond motifs is 1. The molecule has 0 bridgehead atoms. The third kappa shape index (κ3) is 4.32. The average molecular weight is 418 g/mol. The van der Waals surface area contributed by atoms with Gasteiger partial charge in [0.2, 0.25) is 0 Å². The minimum absolute atomic E-state index is 0.0876. The van der Waals surface area contributed by atoms with Gasteiger partial charge in [0, 0.05) is 49.4 Å². The fourth-order valence-electron chi connectivity index (χ4n) is 4.30. The van der Waals surface area contributed by atoms with Crippen LogP contribution in [0.3, 0.4) is 0 Å². The first-order chi connectivity index (χ1) is 15.3. The molecule has 7 nitrogen and oxygen atoms in total. The predicted octanol–water partition coefficient (Wildman–Crippen LogP) is 3.00. The number of benzene rings is 2. The Balaban J connectivity index is 1.27. The number of morpholine rings is 1. The van der Waals surface area contributed by atoms with Crippen LogP contribution < -0.4 is 15.1 Å². The summed E-state index contributed by atoms with van der Waals surface area (Å²) in [7, 11) is 0. The van der Waals surface area contributed by atoms with Crippen LogP contribution in [0.1, 0.15) is 28.8 Å². The first kappa shape index (κ1) is 19.8. The molecule has 2 saturated heterocycles. The molecule has 0 atom stereocenters. The highest BCUT2D eigenvalue weighted by Crippen LogP contribution is 2.27. The van der Waals surface area contributed by atoms with Gasteiger partial charge in [0.1, 0.15) is 12.1 Å². The molecule has 1 aromatic heterocycles. The van der Waals surface area contributed by atoms with Crippen LogP contribution in [0.15, 0.2) is 48.8 Å². The van der Waals surface area contributed by atoms with E-state index in [9.17, 15) is 4.79 Å². The molecule has 0 saturated carbocycles. The molecular formula is C24H27N5O2. The lowest BCUT2D eigenvalue weighted by atomic mass is 10.1. The Morgan fingerprint density at radius 1 is 0.935 bits per heavy atom. The lowest BCUT2D eigenvalue weighted by molar-refractivity contribution is 0.0951. The van der Waals surface area contributed by atoms with Crippen molar-refractivity contribution in [1.29, 1.82) is 0 Å². The normalized spacial score (nSPS) is 16.6. The van der Waals surface area contributed by atoms with Gasteiger partial charge in [-0.25, -0.2) is 9.97 Å². The topological polar surface area (TPSA) is 70.6 Å². The van der Waals surface area contributed by atoms with Crippen LogP contribution in [0.4, 0.5) is 11.5 Å². The van der Waals surface area contributed by atoms with Crippen molar-refractivity contribution in [1.82, 2.24) is 15.3 Å². The molecule has 0 unspecified atom stereocenters. The number of aromatic nitrogens is 2. The van der Waals surface area contributed by atoms with Gasteiger partial charge in [0.25, 0.3) is 5.91 Å². The Morgan fingerprint density at radius 2 is 1.71 bits per heavy atom. The molecule has 2 aliphatic heterocycles. The maximum Gasteiger partial charge on any atom is 0.251 e. The first-order valence-corrected chi connectivity index (χ1v) is 11.0. The maximum atomic E-state index is 12.8. The Bertz CT molecular complexity index is 1060. The summed E-state index contributed by atoms with van der Waals surface area (Å²) in [6.45, 7) is 5.88. The van der Waals surface area contributed by atoms with Crippen molar-refractivity contribution >= 4 is 28.3 Å². The summed E-state index contributed by atoms with van der Waals surface area (Å²) in [5, 5.41) is 3.98. The number of rotatable bonds is 5. The fourth-order valence-corrected chi connectivity index (χ4v) is 4.30. The molecular weight excluding hydrogens is 390 g/mol. The van der Waals surface area contributed by atoms with E-state index in [0.717, 1.165) is 61.7 Å². The van der Waals surface area contributed by atoms with E-state index in [2.05, 4.69) is 49.4 Å². The second-order valence-electron chi connectivity index (χ2n) is 8.07. The second-order valence-corrected chi connectivity index (χ2v) is 8.07. The highest BCUT2D eigenvalue weighted by molar-refractivity contribution is 6.00. The lowest BCUT2D eigenvalue weighted by Gasteiger charge is -2.28. The van der Waals surface area contributed by atoms with Crippen LogP contribution in [0, 0.1) is 0 Å². The van der Waals surface area contributed by atoms with Gasteiger partial charge in [-0.05, 0) is 48.7 Å². The summed E-state index contributed by atoms with van der Waals surface area (Å²) in [6, 6.07) is 14.0. The molecule has 2 fully saturated rings. The maximum absolute atomic E-state index is 12.8. The Hall–Kier alpha value is -3.19. The number of anilines is 2. The minimum atomic E-state index is -0.0876. The van der Waals surface area contributed by atoms with Crippen molar-refractivity contribution in [3.63, 3.8) is 0 Å². The molecule has 2 aliphatic rings. The van der Waals surface area contributed by atoms with E-state index < -0.39 is 0 Å². The third-order valence-electron chi connectivity index (χ3n) is 6.05. The van der Waals surface area contributed by atoms with Gasteiger partial charge in [-0.1, -0.05) is 12.1 Å². The molecule has 2 aromatic carbocycles. The monoisotopic (exact) mass is 417 g/mol.